The van der Waals surface area contributed by atoms with Crippen molar-refractivity contribution in [2.45, 2.75) is 11.3 Å². The fourth-order valence-electron chi connectivity index (χ4n) is 4.26. The Kier molecular flexibility index (Phi) is 6.75. The average molecular weight is 482 g/mol. The molecule has 4 aromatic rings. The molecule has 0 aliphatic carbocycles. The van der Waals surface area contributed by atoms with Crippen LogP contribution in [0.25, 0.3) is 5.65 Å². The van der Waals surface area contributed by atoms with Crippen LogP contribution in [0.4, 0.5) is 14.5 Å². The summed E-state index contributed by atoms with van der Waals surface area (Å²) < 4.78 is 29.2. The largest absolute Gasteiger partial charge is 0.384 e. The van der Waals surface area contributed by atoms with Crippen molar-refractivity contribution in [1.29, 1.82) is 0 Å². The van der Waals surface area contributed by atoms with Crippen molar-refractivity contribution in [3.8, 4) is 0 Å². The first-order valence-electron chi connectivity index (χ1n) is 11.2. The number of rotatable bonds is 7. The molecule has 2 aromatic heterocycles. The molecule has 1 N–H and O–H groups in total. The van der Waals surface area contributed by atoms with Crippen LogP contribution in [0.5, 0.6) is 0 Å². The molecule has 1 unspecified atom stereocenters. The first-order chi connectivity index (χ1) is 16.6. The predicted molar refractivity (Wildman–Crippen MR) is 129 cm³/mol. The smallest absolute Gasteiger partial charge is 0.195 e. The second-order valence-electron chi connectivity index (χ2n) is 8.23. The fraction of sp³-hybridized carbons (Fsp3) is 0.280. The van der Waals surface area contributed by atoms with E-state index in [1.165, 1.54) is 12.1 Å². The van der Waals surface area contributed by atoms with Gasteiger partial charge in [0.1, 0.15) is 17.7 Å². The SMILES string of the molecule is OC(c1ccccc1)c1cccn2c(SCCN3CCN(c4ccc(F)cc4F)CC3)nnc12. The molecule has 0 bridgehead atoms. The highest BCUT2D eigenvalue weighted by Crippen LogP contribution is 2.27. The molecule has 1 aliphatic rings. The van der Waals surface area contributed by atoms with Gasteiger partial charge in [-0.05, 0) is 23.8 Å². The van der Waals surface area contributed by atoms with Crippen LogP contribution in [-0.2, 0) is 0 Å². The van der Waals surface area contributed by atoms with Gasteiger partial charge in [-0.2, -0.15) is 0 Å². The van der Waals surface area contributed by atoms with Gasteiger partial charge in [-0.3, -0.25) is 9.30 Å². The molecule has 1 aliphatic heterocycles. The van der Waals surface area contributed by atoms with Gasteiger partial charge < -0.3 is 10.0 Å². The normalized spacial score (nSPS) is 15.7. The number of aliphatic hydroxyl groups excluding tert-OH is 1. The third-order valence-electron chi connectivity index (χ3n) is 6.10. The molecule has 1 atom stereocenters. The molecule has 6 nitrogen and oxygen atoms in total. The Morgan fingerprint density at radius 3 is 2.50 bits per heavy atom. The van der Waals surface area contributed by atoms with Gasteiger partial charge in [0, 0.05) is 56.3 Å². The van der Waals surface area contributed by atoms with Crippen molar-refractivity contribution in [3.05, 3.63) is 89.6 Å². The first-order valence-corrected chi connectivity index (χ1v) is 12.2. The number of piperazine rings is 1. The zero-order chi connectivity index (χ0) is 23.5. The Labute approximate surface area is 200 Å². The number of aliphatic hydroxyl groups is 1. The predicted octanol–water partition coefficient (Wildman–Crippen LogP) is 4.00. The van der Waals surface area contributed by atoms with Crippen LogP contribution in [0.2, 0.25) is 0 Å². The lowest BCUT2D eigenvalue weighted by Crippen LogP contribution is -2.47. The standard InChI is InChI=1S/C25H25F2N5OS/c26-19-8-9-22(21(27)17-19)31-13-11-30(12-14-31)15-16-34-25-29-28-24-20(7-4-10-32(24)25)23(33)18-5-2-1-3-6-18/h1-10,17,23,33H,11-16H2. The number of hydrogen-bond acceptors (Lipinski definition) is 6. The second kappa shape index (κ2) is 10.1. The van der Waals surface area contributed by atoms with Crippen LogP contribution < -0.4 is 4.90 Å². The number of thioether (sulfide) groups is 1. The van der Waals surface area contributed by atoms with Crippen molar-refractivity contribution >= 4 is 23.1 Å². The Hall–Kier alpha value is -3.01. The number of anilines is 1. The number of fused-ring (bicyclic) bond motifs is 1. The Morgan fingerprint density at radius 1 is 0.941 bits per heavy atom. The minimum absolute atomic E-state index is 0.457. The van der Waals surface area contributed by atoms with Crippen molar-refractivity contribution in [1.82, 2.24) is 19.5 Å². The molecule has 176 valence electrons. The van der Waals surface area contributed by atoms with Crippen LogP contribution in [-0.4, -0.2) is 63.1 Å². The zero-order valence-electron chi connectivity index (χ0n) is 18.5. The van der Waals surface area contributed by atoms with Crippen LogP contribution in [0, 0.1) is 11.6 Å². The summed E-state index contributed by atoms with van der Waals surface area (Å²) in [5.74, 6) is -0.240. The van der Waals surface area contributed by atoms with Crippen molar-refractivity contribution in [3.63, 3.8) is 0 Å². The summed E-state index contributed by atoms with van der Waals surface area (Å²) in [5, 5.41) is 20.3. The van der Waals surface area contributed by atoms with Gasteiger partial charge in [0.25, 0.3) is 0 Å². The lowest BCUT2D eigenvalue weighted by molar-refractivity contribution is 0.221. The van der Waals surface area contributed by atoms with E-state index in [4.69, 9.17) is 0 Å². The topological polar surface area (TPSA) is 56.9 Å². The Balaban J connectivity index is 1.18. The molecule has 0 amide bonds. The van der Waals surface area contributed by atoms with Crippen molar-refractivity contribution in [2.75, 3.05) is 43.4 Å². The van der Waals surface area contributed by atoms with E-state index in [0.29, 0.717) is 24.4 Å². The number of benzene rings is 2. The number of nitrogens with zero attached hydrogens (tertiary/aromatic N) is 5. The van der Waals surface area contributed by atoms with Gasteiger partial charge in [0.2, 0.25) is 0 Å². The van der Waals surface area contributed by atoms with Crippen LogP contribution in [0.15, 0.2) is 72.0 Å². The van der Waals surface area contributed by atoms with Gasteiger partial charge in [0.05, 0.1) is 5.69 Å². The number of pyridine rings is 1. The van der Waals surface area contributed by atoms with Gasteiger partial charge >= 0.3 is 0 Å². The Bertz CT molecular complexity index is 1260. The summed E-state index contributed by atoms with van der Waals surface area (Å²) in [6.45, 7) is 3.88. The second-order valence-corrected chi connectivity index (χ2v) is 9.29. The maximum absolute atomic E-state index is 14.1. The lowest BCUT2D eigenvalue weighted by Gasteiger charge is -2.36. The van der Waals surface area contributed by atoms with E-state index in [0.717, 1.165) is 47.7 Å². The van der Waals surface area contributed by atoms with E-state index in [2.05, 4.69) is 15.1 Å². The molecule has 2 aromatic carbocycles. The highest BCUT2D eigenvalue weighted by molar-refractivity contribution is 7.99. The maximum Gasteiger partial charge on any atom is 0.195 e. The summed E-state index contributed by atoms with van der Waals surface area (Å²) >= 11 is 1.62. The summed E-state index contributed by atoms with van der Waals surface area (Å²) in [6.07, 6.45) is 1.14. The quantitative estimate of drug-likeness (QED) is 0.403. The molecule has 0 radical (unpaired) electrons. The average Bonchev–Trinajstić information content (AvgIpc) is 3.28. The molecule has 1 saturated heterocycles. The van der Waals surface area contributed by atoms with Gasteiger partial charge in [-0.1, -0.05) is 48.2 Å². The van der Waals surface area contributed by atoms with E-state index in [9.17, 15) is 13.9 Å². The molecule has 0 saturated carbocycles. The molecule has 3 heterocycles. The van der Waals surface area contributed by atoms with Crippen molar-refractivity contribution in [2.24, 2.45) is 0 Å². The molecule has 1 fully saturated rings. The number of aromatic nitrogens is 3. The minimum Gasteiger partial charge on any atom is -0.384 e. The zero-order valence-corrected chi connectivity index (χ0v) is 19.3. The molecule has 9 heteroatoms. The third kappa shape index (κ3) is 4.77. The summed E-state index contributed by atoms with van der Waals surface area (Å²) in [5.41, 5.74) is 2.64. The van der Waals surface area contributed by atoms with Crippen LogP contribution in [0.1, 0.15) is 17.2 Å². The fourth-order valence-corrected chi connectivity index (χ4v) is 5.18. The molecule has 34 heavy (non-hydrogen) atoms. The van der Waals surface area contributed by atoms with E-state index >= 15 is 0 Å². The van der Waals surface area contributed by atoms with Crippen LogP contribution in [0.3, 0.4) is 0 Å². The van der Waals surface area contributed by atoms with Gasteiger partial charge in [-0.25, -0.2) is 8.78 Å². The minimum atomic E-state index is -0.769. The monoisotopic (exact) mass is 481 g/mol. The van der Waals surface area contributed by atoms with E-state index < -0.39 is 17.7 Å². The van der Waals surface area contributed by atoms with Crippen LogP contribution >= 0.6 is 11.8 Å². The third-order valence-corrected chi connectivity index (χ3v) is 7.03. The molecule has 0 spiro atoms. The van der Waals surface area contributed by atoms with Gasteiger partial charge in [0.15, 0.2) is 10.8 Å². The maximum atomic E-state index is 14.1. The van der Waals surface area contributed by atoms with E-state index in [-0.39, 0.29) is 0 Å². The molecule has 5 rings (SSSR count). The summed E-state index contributed by atoms with van der Waals surface area (Å²) in [4.78, 5) is 4.29. The van der Waals surface area contributed by atoms with Crippen molar-refractivity contribution < 1.29 is 13.9 Å². The molecular formula is C25H25F2N5OS. The van der Waals surface area contributed by atoms with E-state index in [1.807, 2.05) is 58.0 Å². The summed E-state index contributed by atoms with van der Waals surface area (Å²) in [6, 6.07) is 17.0. The highest BCUT2D eigenvalue weighted by atomic mass is 32.2. The number of halogens is 2. The highest BCUT2D eigenvalue weighted by Gasteiger charge is 2.21. The lowest BCUT2D eigenvalue weighted by atomic mass is 10.0. The van der Waals surface area contributed by atoms with Gasteiger partial charge in [-0.15, -0.1) is 10.2 Å². The molecular weight excluding hydrogens is 456 g/mol. The van der Waals surface area contributed by atoms with E-state index in [1.54, 1.807) is 11.8 Å². The summed E-state index contributed by atoms with van der Waals surface area (Å²) in [7, 11) is 0. The number of hydrogen-bond donors (Lipinski definition) is 1. The Morgan fingerprint density at radius 2 is 1.74 bits per heavy atom. The first kappa shape index (κ1) is 22.8.